The molecule has 0 saturated heterocycles. The minimum Gasteiger partial charge on any atom is -0.497 e. The third kappa shape index (κ3) is 5.10. The summed E-state index contributed by atoms with van der Waals surface area (Å²) in [5, 5.41) is 0. The Morgan fingerprint density at radius 3 is 2.43 bits per heavy atom. The molecule has 0 aliphatic carbocycles. The first-order chi connectivity index (χ1) is 17.9. The van der Waals surface area contributed by atoms with Crippen LogP contribution in [-0.2, 0) is 4.79 Å². The van der Waals surface area contributed by atoms with Crippen molar-refractivity contribution in [2.75, 3.05) is 33.6 Å². The van der Waals surface area contributed by atoms with E-state index in [9.17, 15) is 9.59 Å². The molecule has 7 nitrogen and oxygen atoms in total. The molecule has 3 aromatic rings. The first-order valence-corrected chi connectivity index (χ1v) is 14.1. The lowest BCUT2D eigenvalue weighted by molar-refractivity contribution is -0.127. The molecule has 1 amide bonds. The average molecular weight is 538 g/mol. The van der Waals surface area contributed by atoms with Gasteiger partial charge in [-0.05, 0) is 69.0 Å². The number of allylic oxidation sites excluding steroid dienone is 1. The summed E-state index contributed by atoms with van der Waals surface area (Å²) in [7, 11) is 3.16. The van der Waals surface area contributed by atoms with Gasteiger partial charge in [-0.1, -0.05) is 23.5 Å². The van der Waals surface area contributed by atoms with E-state index in [1.165, 1.54) is 11.3 Å². The van der Waals surface area contributed by atoms with E-state index in [-0.39, 0.29) is 11.5 Å². The van der Waals surface area contributed by atoms with Gasteiger partial charge in [-0.3, -0.25) is 14.2 Å². The zero-order chi connectivity index (χ0) is 26.7. The topological polar surface area (TPSA) is 73.1 Å². The first-order valence-electron chi connectivity index (χ1n) is 12.0. The molecule has 2 aromatic carbocycles. The summed E-state index contributed by atoms with van der Waals surface area (Å²) in [6, 6.07) is 12.8. The van der Waals surface area contributed by atoms with E-state index in [2.05, 4.69) is 0 Å². The van der Waals surface area contributed by atoms with Crippen LogP contribution in [0.1, 0.15) is 37.9 Å². The van der Waals surface area contributed by atoms with Gasteiger partial charge in [0.15, 0.2) is 4.80 Å². The molecule has 1 aliphatic rings. The number of aromatic nitrogens is 1. The van der Waals surface area contributed by atoms with Gasteiger partial charge < -0.3 is 14.4 Å². The second-order valence-electron chi connectivity index (χ2n) is 8.44. The van der Waals surface area contributed by atoms with Crippen molar-refractivity contribution in [2.24, 2.45) is 4.99 Å². The largest absolute Gasteiger partial charge is 0.497 e. The number of nitrogens with zero attached hydrogens (tertiary/aromatic N) is 3. The van der Waals surface area contributed by atoms with Crippen LogP contribution in [0.4, 0.5) is 0 Å². The zero-order valence-electron chi connectivity index (χ0n) is 21.9. The number of ether oxygens (including phenoxy) is 2. The Morgan fingerprint density at radius 1 is 1.14 bits per heavy atom. The Hall–Kier alpha value is -3.30. The summed E-state index contributed by atoms with van der Waals surface area (Å²) in [6.07, 6.45) is 3.90. The van der Waals surface area contributed by atoms with E-state index >= 15 is 0 Å². The summed E-state index contributed by atoms with van der Waals surface area (Å²) >= 11 is 2.98. The van der Waals surface area contributed by atoms with Gasteiger partial charge in [0.2, 0.25) is 0 Å². The molecule has 9 heteroatoms. The highest BCUT2D eigenvalue weighted by molar-refractivity contribution is 7.98. The van der Waals surface area contributed by atoms with Gasteiger partial charge in [-0.2, -0.15) is 0 Å². The third-order valence-electron chi connectivity index (χ3n) is 6.45. The molecule has 4 rings (SSSR count). The number of rotatable bonds is 8. The molecule has 0 bridgehead atoms. The highest BCUT2D eigenvalue weighted by Crippen LogP contribution is 2.38. The molecule has 0 saturated carbocycles. The molecule has 2 heterocycles. The van der Waals surface area contributed by atoms with Crippen LogP contribution in [0.3, 0.4) is 0 Å². The molecular weight excluding hydrogens is 506 g/mol. The minimum atomic E-state index is -0.713. The fraction of sp³-hybridized carbons (Fsp3) is 0.321. The summed E-state index contributed by atoms with van der Waals surface area (Å²) in [5.41, 5.74) is 2.43. The smallest absolute Gasteiger partial charge is 0.271 e. The minimum absolute atomic E-state index is 0.150. The highest BCUT2D eigenvalue weighted by atomic mass is 32.2. The molecular formula is C28H31N3O4S2. The standard InChI is InChI=1S/C28H31N3O4S2/c1-7-30(8-2)27(33)24-17(3)29-28-31(25(24)21-16-19(34-4)11-14-22(21)35-5)26(32)23(37-28)15-18-9-12-20(36-6)13-10-18/h9-16,25H,7-8H2,1-6H3/b23-15+/t25-/m0/s1. The van der Waals surface area contributed by atoms with Crippen LogP contribution in [0.2, 0.25) is 0 Å². The van der Waals surface area contributed by atoms with Crippen molar-refractivity contribution in [3.8, 4) is 11.5 Å². The molecule has 37 heavy (non-hydrogen) atoms. The quantitative estimate of drug-likeness (QED) is 0.408. The number of carbonyl (C=O) groups excluding carboxylic acids is 1. The van der Waals surface area contributed by atoms with E-state index in [0.717, 1.165) is 10.5 Å². The molecule has 0 unspecified atom stereocenters. The van der Waals surface area contributed by atoms with Gasteiger partial charge in [-0.15, -0.1) is 11.8 Å². The lowest BCUT2D eigenvalue weighted by atomic mass is 9.93. The maximum atomic E-state index is 13.9. The predicted molar refractivity (Wildman–Crippen MR) is 149 cm³/mol. The molecule has 0 spiro atoms. The average Bonchev–Trinajstić information content (AvgIpc) is 3.22. The van der Waals surface area contributed by atoms with Crippen molar-refractivity contribution in [1.29, 1.82) is 0 Å². The van der Waals surface area contributed by atoms with E-state index < -0.39 is 6.04 Å². The van der Waals surface area contributed by atoms with Crippen molar-refractivity contribution in [3.63, 3.8) is 0 Å². The maximum absolute atomic E-state index is 13.9. The number of methoxy groups -OCH3 is 2. The molecule has 1 atom stereocenters. The summed E-state index contributed by atoms with van der Waals surface area (Å²) in [4.78, 5) is 35.9. The maximum Gasteiger partial charge on any atom is 0.271 e. The van der Waals surface area contributed by atoms with Crippen LogP contribution in [0, 0.1) is 0 Å². The van der Waals surface area contributed by atoms with E-state index in [1.807, 2.05) is 63.4 Å². The second-order valence-corrected chi connectivity index (χ2v) is 10.3. The number of hydrogen-bond acceptors (Lipinski definition) is 7. The monoisotopic (exact) mass is 537 g/mol. The van der Waals surface area contributed by atoms with Crippen molar-refractivity contribution in [1.82, 2.24) is 9.47 Å². The van der Waals surface area contributed by atoms with Gasteiger partial charge in [-0.25, -0.2) is 4.99 Å². The van der Waals surface area contributed by atoms with Crippen molar-refractivity contribution in [3.05, 3.63) is 84.5 Å². The molecule has 194 valence electrons. The van der Waals surface area contributed by atoms with Gasteiger partial charge in [0.1, 0.15) is 17.5 Å². The number of thiazole rings is 1. The van der Waals surface area contributed by atoms with Crippen LogP contribution in [0.25, 0.3) is 6.08 Å². The number of thioether (sulfide) groups is 1. The lowest BCUT2D eigenvalue weighted by Gasteiger charge is -2.30. The zero-order valence-corrected chi connectivity index (χ0v) is 23.5. The predicted octanol–water partition coefficient (Wildman–Crippen LogP) is 3.84. The van der Waals surface area contributed by atoms with Crippen LogP contribution in [0.15, 0.2) is 68.4 Å². The molecule has 1 aromatic heterocycles. The first kappa shape index (κ1) is 26.8. The SMILES string of the molecule is CCN(CC)C(=O)C1=C(C)N=c2s/c(=C/c3ccc(SC)cc3)c(=O)n2[C@H]1c1cc(OC)ccc1OC. The Bertz CT molecular complexity index is 1520. The van der Waals surface area contributed by atoms with Crippen LogP contribution in [-0.4, -0.2) is 48.9 Å². The van der Waals surface area contributed by atoms with E-state index in [0.29, 0.717) is 50.8 Å². The van der Waals surface area contributed by atoms with Crippen molar-refractivity contribution < 1.29 is 14.3 Å². The summed E-state index contributed by atoms with van der Waals surface area (Å²) < 4.78 is 13.4. The fourth-order valence-electron chi connectivity index (χ4n) is 4.48. The molecule has 0 fully saturated rings. The normalized spacial score (nSPS) is 15.3. The number of carbonyl (C=O) groups is 1. The number of likely N-dealkylation sites (N-methyl/N-ethyl adjacent to an activating group) is 1. The summed E-state index contributed by atoms with van der Waals surface area (Å²) in [5.74, 6) is 1.02. The Balaban J connectivity index is 2.00. The Kier molecular flexibility index (Phi) is 8.24. The molecule has 0 radical (unpaired) electrons. The summed E-state index contributed by atoms with van der Waals surface area (Å²) in [6.45, 7) is 6.80. The Labute approximate surface area is 224 Å². The van der Waals surface area contributed by atoms with E-state index in [4.69, 9.17) is 14.5 Å². The van der Waals surface area contributed by atoms with Crippen LogP contribution in [0.5, 0.6) is 11.5 Å². The van der Waals surface area contributed by atoms with Gasteiger partial charge in [0.05, 0.1) is 30.0 Å². The Morgan fingerprint density at radius 2 is 1.84 bits per heavy atom. The lowest BCUT2D eigenvalue weighted by Crippen LogP contribution is -2.43. The second kappa shape index (κ2) is 11.4. The number of benzene rings is 2. The van der Waals surface area contributed by atoms with Gasteiger partial charge in [0.25, 0.3) is 11.5 Å². The molecule has 1 aliphatic heterocycles. The molecule has 0 N–H and O–H groups in total. The highest BCUT2D eigenvalue weighted by Gasteiger charge is 2.36. The number of amides is 1. The third-order valence-corrected chi connectivity index (χ3v) is 8.17. The van der Waals surface area contributed by atoms with Gasteiger partial charge in [0, 0.05) is 23.5 Å². The van der Waals surface area contributed by atoms with E-state index in [1.54, 1.807) is 47.6 Å². The van der Waals surface area contributed by atoms with Gasteiger partial charge >= 0.3 is 0 Å². The van der Waals surface area contributed by atoms with Crippen molar-refractivity contribution >= 4 is 35.1 Å². The fourth-order valence-corrected chi connectivity index (χ4v) is 5.93. The van der Waals surface area contributed by atoms with Crippen LogP contribution < -0.4 is 24.4 Å². The van der Waals surface area contributed by atoms with Crippen LogP contribution >= 0.6 is 23.1 Å². The number of hydrogen-bond donors (Lipinski definition) is 0. The number of fused-ring (bicyclic) bond motifs is 1. The van der Waals surface area contributed by atoms with Crippen molar-refractivity contribution in [2.45, 2.75) is 31.7 Å².